The summed E-state index contributed by atoms with van der Waals surface area (Å²) in [6, 6.07) is 10.3. The van der Waals surface area contributed by atoms with Crippen LogP contribution in [0.3, 0.4) is 0 Å². The summed E-state index contributed by atoms with van der Waals surface area (Å²) in [6.07, 6.45) is -2.83. The van der Waals surface area contributed by atoms with E-state index in [4.69, 9.17) is 5.73 Å². The van der Waals surface area contributed by atoms with Crippen LogP contribution in [0.1, 0.15) is 5.56 Å². The topological polar surface area (TPSA) is 43.8 Å². The van der Waals surface area contributed by atoms with Crippen molar-refractivity contribution in [1.29, 1.82) is 0 Å². The Balaban J connectivity index is 2.19. The van der Waals surface area contributed by atoms with Crippen LogP contribution in [-0.2, 0) is 6.18 Å². The summed E-state index contributed by atoms with van der Waals surface area (Å²) in [5.74, 6) is 0. The van der Waals surface area contributed by atoms with Gasteiger partial charge in [0.2, 0.25) is 0 Å². The van der Waals surface area contributed by atoms with Crippen LogP contribution < -0.4 is 5.73 Å². The molecule has 0 unspecified atom stereocenters. The molecule has 0 saturated carbocycles. The number of nitrogen functional groups attached to an aromatic ring is 1. The Hall–Kier alpha value is -2.50. The molecule has 20 heavy (non-hydrogen) atoms. The first-order valence-corrected chi connectivity index (χ1v) is 5.87. The van der Waals surface area contributed by atoms with Crippen molar-refractivity contribution in [3.05, 3.63) is 54.2 Å². The van der Waals surface area contributed by atoms with Crippen molar-refractivity contribution in [2.45, 2.75) is 6.18 Å². The van der Waals surface area contributed by atoms with Gasteiger partial charge >= 0.3 is 6.18 Å². The predicted octanol–water partition coefficient (Wildman–Crippen LogP) is 3.63. The Morgan fingerprint density at radius 1 is 1.05 bits per heavy atom. The molecule has 0 aliphatic carbocycles. The molecule has 0 atom stereocenters. The number of halogens is 3. The van der Waals surface area contributed by atoms with Gasteiger partial charge < -0.3 is 5.73 Å². The maximum absolute atomic E-state index is 12.7. The van der Waals surface area contributed by atoms with Gasteiger partial charge in [-0.05, 0) is 30.3 Å². The summed E-state index contributed by atoms with van der Waals surface area (Å²) in [4.78, 5) is 0. The Bertz CT molecular complexity index is 775. The number of hydrogen-bond acceptors (Lipinski definition) is 2. The third kappa shape index (κ3) is 1.99. The second kappa shape index (κ2) is 4.26. The molecular weight excluding hydrogens is 267 g/mol. The molecule has 3 aromatic rings. The van der Waals surface area contributed by atoms with Crippen LogP contribution >= 0.6 is 0 Å². The minimum atomic E-state index is -4.38. The van der Waals surface area contributed by atoms with E-state index < -0.39 is 11.7 Å². The molecule has 2 aromatic carbocycles. The molecule has 1 heterocycles. The molecule has 102 valence electrons. The molecule has 0 aliphatic heterocycles. The number of rotatable bonds is 1. The number of nitrogens with zero attached hydrogens (tertiary/aromatic N) is 2. The van der Waals surface area contributed by atoms with E-state index in [2.05, 4.69) is 5.10 Å². The first-order valence-electron chi connectivity index (χ1n) is 5.87. The third-order valence-corrected chi connectivity index (χ3v) is 3.07. The van der Waals surface area contributed by atoms with Crippen molar-refractivity contribution in [1.82, 2.24) is 9.78 Å². The lowest BCUT2D eigenvalue weighted by Gasteiger charge is -2.09. The van der Waals surface area contributed by atoms with Crippen LogP contribution in [0.15, 0.2) is 48.7 Å². The molecule has 1 aromatic heterocycles. The second-order valence-electron chi connectivity index (χ2n) is 4.38. The SMILES string of the molecule is Nc1cccc2c1cnn2-c1cccc(C(F)(F)F)c1. The van der Waals surface area contributed by atoms with Crippen LogP contribution in [-0.4, -0.2) is 9.78 Å². The summed E-state index contributed by atoms with van der Waals surface area (Å²) < 4.78 is 39.7. The normalized spacial score (nSPS) is 11.9. The van der Waals surface area contributed by atoms with Gasteiger partial charge in [-0.1, -0.05) is 12.1 Å². The highest BCUT2D eigenvalue weighted by molar-refractivity contribution is 5.91. The molecule has 0 spiro atoms. The van der Waals surface area contributed by atoms with Crippen molar-refractivity contribution in [3.8, 4) is 5.69 Å². The minimum Gasteiger partial charge on any atom is -0.398 e. The monoisotopic (exact) mass is 277 g/mol. The van der Waals surface area contributed by atoms with E-state index in [1.54, 1.807) is 30.5 Å². The molecule has 0 saturated heterocycles. The number of fused-ring (bicyclic) bond motifs is 1. The fraction of sp³-hybridized carbons (Fsp3) is 0.0714. The largest absolute Gasteiger partial charge is 0.416 e. The van der Waals surface area contributed by atoms with E-state index >= 15 is 0 Å². The number of alkyl halides is 3. The van der Waals surface area contributed by atoms with E-state index in [9.17, 15) is 13.2 Å². The summed E-state index contributed by atoms with van der Waals surface area (Å²) in [7, 11) is 0. The van der Waals surface area contributed by atoms with E-state index in [0.29, 0.717) is 22.3 Å². The highest BCUT2D eigenvalue weighted by atomic mass is 19.4. The van der Waals surface area contributed by atoms with E-state index in [1.807, 2.05) is 0 Å². The van der Waals surface area contributed by atoms with Crippen LogP contribution in [0, 0.1) is 0 Å². The lowest BCUT2D eigenvalue weighted by Crippen LogP contribution is -2.06. The van der Waals surface area contributed by atoms with Gasteiger partial charge in [-0.15, -0.1) is 0 Å². The quantitative estimate of drug-likeness (QED) is 0.690. The summed E-state index contributed by atoms with van der Waals surface area (Å²) in [6.45, 7) is 0. The maximum Gasteiger partial charge on any atom is 0.416 e. The lowest BCUT2D eigenvalue weighted by molar-refractivity contribution is -0.137. The third-order valence-electron chi connectivity index (χ3n) is 3.07. The van der Waals surface area contributed by atoms with Crippen molar-refractivity contribution < 1.29 is 13.2 Å². The first kappa shape index (κ1) is 12.5. The average Bonchev–Trinajstić information content (AvgIpc) is 2.83. The number of anilines is 1. The van der Waals surface area contributed by atoms with Crippen LogP contribution in [0.5, 0.6) is 0 Å². The molecule has 0 fully saturated rings. The average molecular weight is 277 g/mol. The Kier molecular flexibility index (Phi) is 2.67. The van der Waals surface area contributed by atoms with Gasteiger partial charge in [0.05, 0.1) is 23.0 Å². The Morgan fingerprint density at radius 3 is 2.55 bits per heavy atom. The zero-order chi connectivity index (χ0) is 14.3. The van der Waals surface area contributed by atoms with Gasteiger partial charge in [0.25, 0.3) is 0 Å². The number of aromatic nitrogens is 2. The van der Waals surface area contributed by atoms with Gasteiger partial charge in [-0.25, -0.2) is 4.68 Å². The van der Waals surface area contributed by atoms with Crippen LogP contribution in [0.4, 0.5) is 18.9 Å². The molecule has 6 heteroatoms. The van der Waals surface area contributed by atoms with Crippen LogP contribution in [0.2, 0.25) is 0 Å². The van der Waals surface area contributed by atoms with Crippen LogP contribution in [0.25, 0.3) is 16.6 Å². The zero-order valence-electron chi connectivity index (χ0n) is 10.2. The van der Waals surface area contributed by atoms with Gasteiger partial charge in [-0.3, -0.25) is 0 Å². The standard InChI is InChI=1S/C14H10F3N3/c15-14(16,17)9-3-1-4-10(7-9)20-13-6-2-5-12(18)11(13)8-19-20/h1-8H,18H2. The second-order valence-corrected chi connectivity index (χ2v) is 4.38. The molecule has 0 radical (unpaired) electrons. The first-order chi connectivity index (χ1) is 9.47. The van der Waals surface area contributed by atoms with E-state index in [1.165, 1.54) is 10.7 Å². The molecule has 3 rings (SSSR count). The number of nitrogens with two attached hydrogens (primary N) is 1. The molecule has 0 aliphatic rings. The zero-order valence-corrected chi connectivity index (χ0v) is 10.2. The molecule has 3 nitrogen and oxygen atoms in total. The van der Waals surface area contributed by atoms with Crippen molar-refractivity contribution in [2.75, 3.05) is 5.73 Å². The Labute approximate surface area is 112 Å². The fourth-order valence-corrected chi connectivity index (χ4v) is 2.09. The molecule has 2 N–H and O–H groups in total. The maximum atomic E-state index is 12.7. The van der Waals surface area contributed by atoms with Crippen molar-refractivity contribution >= 4 is 16.6 Å². The predicted molar refractivity (Wildman–Crippen MR) is 70.5 cm³/mol. The Morgan fingerprint density at radius 2 is 1.80 bits per heavy atom. The molecular formula is C14H10F3N3. The smallest absolute Gasteiger partial charge is 0.398 e. The number of hydrogen-bond donors (Lipinski definition) is 1. The van der Waals surface area contributed by atoms with Gasteiger partial charge in [-0.2, -0.15) is 18.3 Å². The highest BCUT2D eigenvalue weighted by Crippen LogP contribution is 2.31. The molecule has 0 amide bonds. The summed E-state index contributed by atoms with van der Waals surface area (Å²) in [5.41, 5.74) is 6.67. The van der Waals surface area contributed by atoms with Gasteiger partial charge in [0.15, 0.2) is 0 Å². The summed E-state index contributed by atoms with van der Waals surface area (Å²) in [5, 5.41) is 4.83. The highest BCUT2D eigenvalue weighted by Gasteiger charge is 2.30. The number of benzene rings is 2. The van der Waals surface area contributed by atoms with Gasteiger partial charge in [0.1, 0.15) is 0 Å². The van der Waals surface area contributed by atoms with Gasteiger partial charge in [0, 0.05) is 11.1 Å². The summed E-state index contributed by atoms with van der Waals surface area (Å²) >= 11 is 0. The van der Waals surface area contributed by atoms with E-state index in [-0.39, 0.29) is 0 Å². The fourth-order valence-electron chi connectivity index (χ4n) is 2.09. The molecule has 0 bridgehead atoms. The van der Waals surface area contributed by atoms with E-state index in [0.717, 1.165) is 12.1 Å². The minimum absolute atomic E-state index is 0.348. The van der Waals surface area contributed by atoms with Crippen molar-refractivity contribution in [2.24, 2.45) is 0 Å². The lowest BCUT2D eigenvalue weighted by atomic mass is 10.2. The van der Waals surface area contributed by atoms with Crippen molar-refractivity contribution in [3.63, 3.8) is 0 Å².